The highest BCUT2D eigenvalue weighted by Crippen LogP contribution is 2.08. The van der Waals surface area contributed by atoms with E-state index in [0.29, 0.717) is 18.4 Å². The highest BCUT2D eigenvalue weighted by Gasteiger charge is 2.01. The first-order valence-corrected chi connectivity index (χ1v) is 7.36. The van der Waals surface area contributed by atoms with Crippen molar-refractivity contribution in [2.24, 2.45) is 5.92 Å². The van der Waals surface area contributed by atoms with Crippen LogP contribution < -0.4 is 10.6 Å². The van der Waals surface area contributed by atoms with Crippen LogP contribution in [-0.4, -0.2) is 21.7 Å². The highest BCUT2D eigenvalue weighted by molar-refractivity contribution is 5.37. The number of nitrogens with one attached hydrogen (secondary N) is 2. The first-order valence-electron chi connectivity index (χ1n) is 7.36. The van der Waals surface area contributed by atoms with Crippen LogP contribution in [0.15, 0.2) is 30.5 Å². The van der Waals surface area contributed by atoms with E-state index in [4.69, 9.17) is 0 Å². The monoisotopic (exact) mass is 285 g/mol. The van der Waals surface area contributed by atoms with Crippen molar-refractivity contribution >= 4 is 11.8 Å². The molecule has 1 aromatic heterocycles. The second kappa shape index (κ2) is 7.57. The molecule has 0 saturated carbocycles. The SMILES string of the molecule is Cc1cccc(CNc2nncc(NCCC(C)C)n2)c1. The zero-order valence-electron chi connectivity index (χ0n) is 12.9. The van der Waals surface area contributed by atoms with Gasteiger partial charge in [0.2, 0.25) is 5.95 Å². The van der Waals surface area contributed by atoms with Crippen molar-refractivity contribution in [2.45, 2.75) is 33.7 Å². The van der Waals surface area contributed by atoms with Crippen LogP contribution in [0.2, 0.25) is 0 Å². The van der Waals surface area contributed by atoms with Gasteiger partial charge in [-0.3, -0.25) is 0 Å². The van der Waals surface area contributed by atoms with Crippen molar-refractivity contribution < 1.29 is 0 Å². The lowest BCUT2D eigenvalue weighted by atomic mass is 10.1. The largest absolute Gasteiger partial charge is 0.369 e. The molecule has 0 aliphatic heterocycles. The predicted octanol–water partition coefficient (Wildman–Crippen LogP) is 3.25. The molecule has 5 heteroatoms. The third-order valence-corrected chi connectivity index (χ3v) is 3.12. The van der Waals surface area contributed by atoms with Crippen molar-refractivity contribution in [1.82, 2.24) is 15.2 Å². The van der Waals surface area contributed by atoms with Gasteiger partial charge in [0.1, 0.15) is 5.82 Å². The second-order valence-corrected chi connectivity index (χ2v) is 5.62. The summed E-state index contributed by atoms with van der Waals surface area (Å²) in [5.41, 5.74) is 2.45. The van der Waals surface area contributed by atoms with Gasteiger partial charge in [-0.2, -0.15) is 10.1 Å². The van der Waals surface area contributed by atoms with Crippen LogP contribution in [0, 0.1) is 12.8 Å². The summed E-state index contributed by atoms with van der Waals surface area (Å²) < 4.78 is 0. The Labute approximate surface area is 126 Å². The van der Waals surface area contributed by atoms with Gasteiger partial charge in [0.25, 0.3) is 0 Å². The van der Waals surface area contributed by atoms with Crippen molar-refractivity contribution in [1.29, 1.82) is 0 Å². The number of hydrogen-bond acceptors (Lipinski definition) is 5. The summed E-state index contributed by atoms with van der Waals surface area (Å²) in [7, 11) is 0. The fourth-order valence-corrected chi connectivity index (χ4v) is 1.96. The maximum atomic E-state index is 4.41. The Kier molecular flexibility index (Phi) is 5.49. The summed E-state index contributed by atoms with van der Waals surface area (Å²) in [5.74, 6) is 1.98. The van der Waals surface area contributed by atoms with Crippen LogP contribution in [0.4, 0.5) is 11.8 Å². The molecule has 2 aromatic rings. The molecule has 0 radical (unpaired) electrons. The Morgan fingerprint density at radius 2 is 2.05 bits per heavy atom. The van der Waals surface area contributed by atoms with E-state index in [-0.39, 0.29) is 0 Å². The van der Waals surface area contributed by atoms with Gasteiger partial charge >= 0.3 is 0 Å². The number of anilines is 2. The highest BCUT2D eigenvalue weighted by atomic mass is 15.3. The summed E-state index contributed by atoms with van der Waals surface area (Å²) in [4.78, 5) is 4.41. The molecule has 5 nitrogen and oxygen atoms in total. The molecule has 0 unspecified atom stereocenters. The first kappa shape index (κ1) is 15.2. The number of aryl methyl sites for hydroxylation is 1. The first-order chi connectivity index (χ1) is 10.1. The van der Waals surface area contributed by atoms with Crippen LogP contribution in [-0.2, 0) is 6.54 Å². The van der Waals surface area contributed by atoms with Crippen molar-refractivity contribution in [3.8, 4) is 0 Å². The van der Waals surface area contributed by atoms with Crippen molar-refractivity contribution in [3.05, 3.63) is 41.6 Å². The minimum atomic E-state index is 0.547. The zero-order valence-corrected chi connectivity index (χ0v) is 12.9. The Morgan fingerprint density at radius 1 is 1.19 bits per heavy atom. The van der Waals surface area contributed by atoms with Crippen molar-refractivity contribution in [2.75, 3.05) is 17.2 Å². The molecule has 112 valence electrons. The van der Waals surface area contributed by atoms with E-state index >= 15 is 0 Å². The molecule has 1 heterocycles. The molecule has 0 spiro atoms. The molecule has 0 fully saturated rings. The molecule has 0 amide bonds. The Hall–Kier alpha value is -2.17. The number of hydrogen-bond donors (Lipinski definition) is 2. The maximum absolute atomic E-state index is 4.41. The van der Waals surface area contributed by atoms with Gasteiger partial charge < -0.3 is 10.6 Å². The van der Waals surface area contributed by atoms with Gasteiger partial charge in [0, 0.05) is 13.1 Å². The quantitative estimate of drug-likeness (QED) is 0.817. The molecule has 0 aliphatic carbocycles. The Balaban J connectivity index is 1.88. The number of benzene rings is 1. The minimum absolute atomic E-state index is 0.547. The second-order valence-electron chi connectivity index (χ2n) is 5.62. The van der Waals surface area contributed by atoms with E-state index in [9.17, 15) is 0 Å². The van der Waals surface area contributed by atoms with Gasteiger partial charge in [-0.15, -0.1) is 5.10 Å². The molecule has 2 rings (SSSR count). The summed E-state index contributed by atoms with van der Waals surface area (Å²) in [6, 6.07) is 8.36. The lowest BCUT2D eigenvalue weighted by Gasteiger charge is -2.09. The van der Waals surface area contributed by atoms with Crippen LogP contribution in [0.25, 0.3) is 0 Å². The topological polar surface area (TPSA) is 62.7 Å². The molecular weight excluding hydrogens is 262 g/mol. The summed E-state index contributed by atoms with van der Waals surface area (Å²) >= 11 is 0. The average molecular weight is 285 g/mol. The standard InChI is InChI=1S/C16H23N5/c1-12(2)7-8-17-15-11-19-21-16(20-15)18-10-14-6-4-5-13(3)9-14/h4-6,9,11-12H,7-8,10H2,1-3H3,(H2,17,18,20,21). The zero-order chi connectivity index (χ0) is 15.1. The number of nitrogens with zero attached hydrogens (tertiary/aromatic N) is 3. The smallest absolute Gasteiger partial charge is 0.244 e. The summed E-state index contributed by atoms with van der Waals surface area (Å²) in [5, 5.41) is 14.5. The normalized spacial score (nSPS) is 10.7. The van der Waals surface area contributed by atoms with E-state index in [0.717, 1.165) is 18.8 Å². The lowest BCUT2D eigenvalue weighted by Crippen LogP contribution is -2.10. The van der Waals surface area contributed by atoms with E-state index < -0.39 is 0 Å². The molecule has 0 aliphatic rings. The van der Waals surface area contributed by atoms with Crippen molar-refractivity contribution in [3.63, 3.8) is 0 Å². The molecule has 0 atom stereocenters. The van der Waals surface area contributed by atoms with E-state index in [2.05, 4.69) is 70.9 Å². The molecule has 2 N–H and O–H groups in total. The fraction of sp³-hybridized carbons (Fsp3) is 0.438. The maximum Gasteiger partial charge on any atom is 0.244 e. The molecule has 0 saturated heterocycles. The third kappa shape index (κ3) is 5.38. The van der Waals surface area contributed by atoms with Crippen LogP contribution in [0.3, 0.4) is 0 Å². The molecule has 21 heavy (non-hydrogen) atoms. The van der Waals surface area contributed by atoms with Gasteiger partial charge in [0.05, 0.1) is 6.20 Å². The Morgan fingerprint density at radius 3 is 2.81 bits per heavy atom. The average Bonchev–Trinajstić information content (AvgIpc) is 2.45. The van der Waals surface area contributed by atoms with Gasteiger partial charge in [0.15, 0.2) is 0 Å². The number of aromatic nitrogens is 3. The predicted molar refractivity (Wildman–Crippen MR) is 86.3 cm³/mol. The van der Waals surface area contributed by atoms with Crippen LogP contribution in [0.1, 0.15) is 31.4 Å². The lowest BCUT2D eigenvalue weighted by molar-refractivity contribution is 0.606. The number of rotatable bonds is 7. The van der Waals surface area contributed by atoms with E-state index in [1.54, 1.807) is 6.20 Å². The van der Waals surface area contributed by atoms with E-state index in [1.165, 1.54) is 11.1 Å². The molecule has 0 bridgehead atoms. The minimum Gasteiger partial charge on any atom is -0.369 e. The summed E-state index contributed by atoms with van der Waals surface area (Å²) in [6.07, 6.45) is 2.76. The summed E-state index contributed by atoms with van der Waals surface area (Å²) in [6.45, 7) is 8.08. The van der Waals surface area contributed by atoms with Gasteiger partial charge in [-0.1, -0.05) is 43.7 Å². The van der Waals surface area contributed by atoms with E-state index in [1.807, 2.05) is 0 Å². The fourth-order valence-electron chi connectivity index (χ4n) is 1.96. The molecule has 1 aromatic carbocycles. The Bertz CT molecular complexity index is 568. The van der Waals surface area contributed by atoms with Gasteiger partial charge in [-0.25, -0.2) is 0 Å². The van der Waals surface area contributed by atoms with Gasteiger partial charge in [-0.05, 0) is 24.8 Å². The molecular formula is C16H23N5. The van der Waals surface area contributed by atoms with Crippen LogP contribution >= 0.6 is 0 Å². The van der Waals surface area contributed by atoms with Crippen LogP contribution in [0.5, 0.6) is 0 Å². The third-order valence-electron chi connectivity index (χ3n) is 3.12.